The molecule has 78 valence electrons. The molecule has 5 nitrogen and oxygen atoms in total. The average molecular weight is 206 g/mol. The van der Waals surface area contributed by atoms with Crippen LogP contribution in [-0.2, 0) is 6.54 Å². The largest absolute Gasteiger partial charge is 0.467 e. The van der Waals surface area contributed by atoms with Gasteiger partial charge in [0.15, 0.2) is 11.6 Å². The zero-order chi connectivity index (χ0) is 10.7. The fourth-order valence-electron chi connectivity index (χ4n) is 1.14. The number of nitrogens with zero attached hydrogens (tertiary/aromatic N) is 1. The SMILES string of the molecule is Cc1nc(C(=O)NCc2ccco2)co1. The maximum absolute atomic E-state index is 11.5. The molecule has 0 fully saturated rings. The van der Waals surface area contributed by atoms with Crippen molar-refractivity contribution < 1.29 is 13.6 Å². The molecule has 2 rings (SSSR count). The number of aryl methyl sites for hydroxylation is 1. The van der Waals surface area contributed by atoms with Crippen LogP contribution in [0.1, 0.15) is 22.1 Å². The number of carbonyl (C=O) groups excluding carboxylic acids is 1. The van der Waals surface area contributed by atoms with Gasteiger partial charge < -0.3 is 14.2 Å². The lowest BCUT2D eigenvalue weighted by atomic mass is 10.4. The Hall–Kier alpha value is -2.04. The summed E-state index contributed by atoms with van der Waals surface area (Å²) in [5.74, 6) is 0.893. The molecule has 0 aromatic carbocycles. The van der Waals surface area contributed by atoms with Crippen LogP contribution in [-0.4, -0.2) is 10.9 Å². The third-order valence-corrected chi connectivity index (χ3v) is 1.85. The molecule has 1 N–H and O–H groups in total. The van der Waals surface area contributed by atoms with Gasteiger partial charge in [-0.15, -0.1) is 0 Å². The Morgan fingerprint density at radius 3 is 3.00 bits per heavy atom. The smallest absolute Gasteiger partial charge is 0.273 e. The summed E-state index contributed by atoms with van der Waals surface area (Å²) in [6.45, 7) is 2.03. The van der Waals surface area contributed by atoms with Gasteiger partial charge in [0.05, 0.1) is 12.8 Å². The topological polar surface area (TPSA) is 68.3 Å². The second-order valence-corrected chi connectivity index (χ2v) is 3.01. The van der Waals surface area contributed by atoms with Gasteiger partial charge in [0.1, 0.15) is 12.0 Å². The molecular formula is C10H10N2O3. The quantitative estimate of drug-likeness (QED) is 0.826. The van der Waals surface area contributed by atoms with Crippen LogP contribution in [0.15, 0.2) is 33.5 Å². The predicted octanol–water partition coefficient (Wildman–Crippen LogP) is 1.51. The number of carbonyl (C=O) groups is 1. The molecule has 0 saturated carbocycles. The van der Waals surface area contributed by atoms with Gasteiger partial charge in [0, 0.05) is 6.92 Å². The average Bonchev–Trinajstić information content (AvgIpc) is 2.84. The van der Waals surface area contributed by atoms with Crippen LogP contribution < -0.4 is 5.32 Å². The van der Waals surface area contributed by atoms with Crippen molar-refractivity contribution in [2.24, 2.45) is 0 Å². The van der Waals surface area contributed by atoms with Crippen LogP contribution in [0.4, 0.5) is 0 Å². The number of hydrogen-bond donors (Lipinski definition) is 1. The van der Waals surface area contributed by atoms with Crippen molar-refractivity contribution in [2.75, 3.05) is 0 Å². The van der Waals surface area contributed by atoms with E-state index in [0.29, 0.717) is 18.2 Å². The highest BCUT2D eigenvalue weighted by atomic mass is 16.3. The Balaban J connectivity index is 1.93. The van der Waals surface area contributed by atoms with Crippen LogP contribution >= 0.6 is 0 Å². The Labute approximate surface area is 86.1 Å². The first-order valence-electron chi connectivity index (χ1n) is 4.48. The van der Waals surface area contributed by atoms with Crippen molar-refractivity contribution in [3.8, 4) is 0 Å². The molecule has 0 aliphatic rings. The molecule has 2 aromatic heterocycles. The van der Waals surface area contributed by atoms with E-state index in [4.69, 9.17) is 8.83 Å². The Bertz CT molecular complexity index is 445. The van der Waals surface area contributed by atoms with Crippen molar-refractivity contribution >= 4 is 5.91 Å². The van der Waals surface area contributed by atoms with E-state index in [1.54, 1.807) is 25.3 Å². The lowest BCUT2D eigenvalue weighted by Crippen LogP contribution is -2.22. The third-order valence-electron chi connectivity index (χ3n) is 1.85. The first-order chi connectivity index (χ1) is 7.25. The van der Waals surface area contributed by atoms with E-state index < -0.39 is 0 Å². The summed E-state index contributed by atoms with van der Waals surface area (Å²) in [5, 5.41) is 2.66. The standard InChI is InChI=1S/C10H10N2O3/c1-7-12-9(6-15-7)10(13)11-5-8-3-2-4-14-8/h2-4,6H,5H2,1H3,(H,11,13). The van der Waals surface area contributed by atoms with E-state index >= 15 is 0 Å². The van der Waals surface area contributed by atoms with Gasteiger partial charge in [-0.05, 0) is 12.1 Å². The van der Waals surface area contributed by atoms with E-state index in [0.717, 1.165) is 0 Å². The zero-order valence-electron chi connectivity index (χ0n) is 8.19. The minimum absolute atomic E-state index is 0.275. The van der Waals surface area contributed by atoms with Gasteiger partial charge in [-0.3, -0.25) is 4.79 Å². The van der Waals surface area contributed by atoms with E-state index in [1.807, 2.05) is 0 Å². The van der Waals surface area contributed by atoms with E-state index in [2.05, 4.69) is 10.3 Å². The van der Waals surface area contributed by atoms with Crippen molar-refractivity contribution in [3.63, 3.8) is 0 Å². The van der Waals surface area contributed by atoms with Gasteiger partial charge in [0.2, 0.25) is 0 Å². The summed E-state index contributed by atoms with van der Waals surface area (Å²) in [6.07, 6.45) is 2.88. The first kappa shape index (κ1) is 9.51. The Morgan fingerprint density at radius 1 is 1.53 bits per heavy atom. The number of oxazole rings is 1. The number of rotatable bonds is 3. The van der Waals surface area contributed by atoms with Crippen molar-refractivity contribution in [2.45, 2.75) is 13.5 Å². The molecule has 0 aliphatic heterocycles. The van der Waals surface area contributed by atoms with Crippen LogP contribution in [0.5, 0.6) is 0 Å². The minimum Gasteiger partial charge on any atom is -0.467 e. The minimum atomic E-state index is -0.275. The molecule has 0 saturated heterocycles. The number of aromatic nitrogens is 1. The van der Waals surface area contributed by atoms with Gasteiger partial charge in [0.25, 0.3) is 5.91 Å². The molecule has 0 spiro atoms. The highest BCUT2D eigenvalue weighted by Crippen LogP contribution is 2.02. The van der Waals surface area contributed by atoms with Crippen LogP contribution in [0.2, 0.25) is 0 Å². The summed E-state index contributed by atoms with van der Waals surface area (Å²) in [4.78, 5) is 15.4. The summed E-state index contributed by atoms with van der Waals surface area (Å²) in [6, 6.07) is 3.55. The Kier molecular flexibility index (Phi) is 2.53. The second kappa shape index (κ2) is 4.00. The van der Waals surface area contributed by atoms with E-state index in [1.165, 1.54) is 6.26 Å². The zero-order valence-corrected chi connectivity index (χ0v) is 8.19. The van der Waals surface area contributed by atoms with Gasteiger partial charge in [-0.25, -0.2) is 4.98 Å². The fraction of sp³-hybridized carbons (Fsp3) is 0.200. The first-order valence-corrected chi connectivity index (χ1v) is 4.48. The van der Waals surface area contributed by atoms with Crippen molar-refractivity contribution in [1.82, 2.24) is 10.3 Å². The number of furan rings is 1. The Morgan fingerprint density at radius 2 is 2.40 bits per heavy atom. The molecular weight excluding hydrogens is 196 g/mol. The lowest BCUT2D eigenvalue weighted by molar-refractivity contribution is 0.0943. The van der Waals surface area contributed by atoms with Gasteiger partial charge in [-0.2, -0.15) is 0 Å². The summed E-state index contributed by atoms with van der Waals surface area (Å²) in [7, 11) is 0. The van der Waals surface area contributed by atoms with Crippen molar-refractivity contribution in [3.05, 3.63) is 42.0 Å². The molecule has 1 amide bonds. The lowest BCUT2D eigenvalue weighted by Gasteiger charge is -1.98. The number of nitrogens with one attached hydrogen (secondary N) is 1. The highest BCUT2D eigenvalue weighted by Gasteiger charge is 2.10. The van der Waals surface area contributed by atoms with E-state index in [-0.39, 0.29) is 11.6 Å². The maximum atomic E-state index is 11.5. The van der Waals surface area contributed by atoms with Crippen LogP contribution in [0.3, 0.4) is 0 Å². The molecule has 15 heavy (non-hydrogen) atoms. The number of amides is 1. The van der Waals surface area contributed by atoms with Crippen LogP contribution in [0, 0.1) is 6.92 Å². The predicted molar refractivity (Wildman–Crippen MR) is 51.1 cm³/mol. The van der Waals surface area contributed by atoms with E-state index in [9.17, 15) is 4.79 Å². The van der Waals surface area contributed by atoms with Gasteiger partial charge >= 0.3 is 0 Å². The third kappa shape index (κ3) is 2.25. The molecule has 2 heterocycles. The number of hydrogen-bond acceptors (Lipinski definition) is 4. The normalized spacial score (nSPS) is 10.2. The van der Waals surface area contributed by atoms with Gasteiger partial charge in [-0.1, -0.05) is 0 Å². The second-order valence-electron chi connectivity index (χ2n) is 3.01. The molecule has 0 atom stereocenters. The monoisotopic (exact) mass is 206 g/mol. The van der Waals surface area contributed by atoms with Crippen LogP contribution in [0.25, 0.3) is 0 Å². The molecule has 5 heteroatoms. The maximum Gasteiger partial charge on any atom is 0.273 e. The molecule has 0 bridgehead atoms. The summed E-state index contributed by atoms with van der Waals surface area (Å²) >= 11 is 0. The fourth-order valence-corrected chi connectivity index (χ4v) is 1.14. The molecule has 0 unspecified atom stereocenters. The molecule has 0 aliphatic carbocycles. The molecule has 0 radical (unpaired) electrons. The highest BCUT2D eigenvalue weighted by molar-refractivity contribution is 5.91. The van der Waals surface area contributed by atoms with Crippen molar-refractivity contribution in [1.29, 1.82) is 0 Å². The summed E-state index contributed by atoms with van der Waals surface area (Å²) in [5.41, 5.74) is 0.277. The summed E-state index contributed by atoms with van der Waals surface area (Å²) < 4.78 is 9.99. The molecule has 2 aromatic rings.